The lowest BCUT2D eigenvalue weighted by molar-refractivity contribution is -0.235. The lowest BCUT2D eigenvalue weighted by atomic mass is 9.26. The molecular formula is C58H53NO. The minimum Gasteiger partial charge on any atom is -0.455 e. The molecule has 2 heteroatoms. The zero-order chi connectivity index (χ0) is 40.2. The first-order chi connectivity index (χ1) is 29.2. The molecule has 0 amide bonds. The highest BCUT2D eigenvalue weighted by Gasteiger charge is 2.84. The first-order valence-electron chi connectivity index (χ1n) is 22.7. The van der Waals surface area contributed by atoms with E-state index in [2.05, 4.69) is 184 Å². The zero-order valence-corrected chi connectivity index (χ0v) is 35.3. The largest absolute Gasteiger partial charge is 0.455 e. The summed E-state index contributed by atoms with van der Waals surface area (Å²) < 4.78 is 7.27. The summed E-state index contributed by atoms with van der Waals surface area (Å²) in [6.07, 6.45) is 8.05. The standard InChI is InChI=1S/C58H53NO/c1-55(2)29-30-56(3,4)49-34-43(27-28-46(49)55)59(42-25-23-38(24-26-42)37-19-21-40(22-20-37)45-14-9-12-39-11-5-6-13-44(39)45)50-17-10-16-48-54(50)60-51-18-8-7-15-47(51)58(48)52-32-36-31-41-33-53(58)57(41,52)35-36/h5-28,34,36,41,52-53H,29-33,35H2,1-4H3. The van der Waals surface area contributed by atoms with Crippen LogP contribution in [-0.2, 0) is 16.2 Å². The molecule has 4 saturated carbocycles. The van der Waals surface area contributed by atoms with E-state index >= 15 is 0 Å². The smallest absolute Gasteiger partial charge is 0.155 e. The fraction of sp³-hybridized carbons (Fsp3) is 0.310. The maximum atomic E-state index is 7.27. The summed E-state index contributed by atoms with van der Waals surface area (Å²) >= 11 is 0. The Morgan fingerprint density at radius 1 is 0.533 bits per heavy atom. The highest BCUT2D eigenvalue weighted by molar-refractivity contribution is 5.97. The summed E-state index contributed by atoms with van der Waals surface area (Å²) in [5.74, 6) is 5.37. The van der Waals surface area contributed by atoms with Crippen LogP contribution in [0.5, 0.6) is 11.5 Å². The summed E-state index contributed by atoms with van der Waals surface area (Å²) in [5, 5.41) is 2.56. The van der Waals surface area contributed by atoms with Crippen LogP contribution >= 0.6 is 0 Å². The lowest BCUT2D eigenvalue weighted by Gasteiger charge is -2.77. The van der Waals surface area contributed by atoms with E-state index in [0.717, 1.165) is 34.7 Å². The number of nitrogens with zero attached hydrogens (tertiary/aromatic N) is 1. The Labute approximate surface area is 355 Å². The van der Waals surface area contributed by atoms with Crippen LogP contribution in [0.25, 0.3) is 33.0 Å². The van der Waals surface area contributed by atoms with Gasteiger partial charge in [0.15, 0.2) is 5.75 Å². The van der Waals surface area contributed by atoms with E-state index in [1.807, 2.05) is 0 Å². The first kappa shape index (κ1) is 35.2. The van der Waals surface area contributed by atoms with Crippen molar-refractivity contribution in [3.05, 3.63) is 174 Å². The zero-order valence-electron chi connectivity index (χ0n) is 35.3. The highest BCUT2D eigenvalue weighted by atomic mass is 16.5. The van der Waals surface area contributed by atoms with Gasteiger partial charge in [-0.2, -0.15) is 0 Å². The molecule has 6 unspecified atom stereocenters. The summed E-state index contributed by atoms with van der Waals surface area (Å²) in [4.78, 5) is 2.52. The van der Waals surface area contributed by atoms with Gasteiger partial charge < -0.3 is 9.64 Å². The van der Waals surface area contributed by atoms with Gasteiger partial charge in [0, 0.05) is 27.9 Å². The van der Waals surface area contributed by atoms with Crippen molar-refractivity contribution < 1.29 is 4.74 Å². The third-order valence-corrected chi connectivity index (χ3v) is 17.3. The molecule has 2 spiro atoms. The maximum absolute atomic E-state index is 7.27. The van der Waals surface area contributed by atoms with Crippen molar-refractivity contribution in [2.75, 3.05) is 4.90 Å². The predicted octanol–water partition coefficient (Wildman–Crippen LogP) is 15.5. The van der Waals surface area contributed by atoms with Crippen LogP contribution in [0.15, 0.2) is 152 Å². The molecule has 0 saturated heterocycles. The number of anilines is 3. The number of fused-ring (bicyclic) bond motifs is 9. The average molecular weight is 780 g/mol. The van der Waals surface area contributed by atoms with Crippen LogP contribution in [0, 0.1) is 29.1 Å². The Bertz CT molecular complexity index is 2900. The van der Waals surface area contributed by atoms with E-state index in [4.69, 9.17) is 4.74 Å². The Balaban J connectivity index is 0.948. The molecule has 7 aromatic carbocycles. The summed E-state index contributed by atoms with van der Waals surface area (Å²) in [6, 6.07) is 57.2. The second kappa shape index (κ2) is 12.0. The number of benzene rings is 7. The molecule has 13 rings (SSSR count). The van der Waals surface area contributed by atoms with Crippen molar-refractivity contribution in [1.82, 2.24) is 0 Å². The van der Waals surface area contributed by atoms with Crippen LogP contribution in [0.4, 0.5) is 17.1 Å². The van der Waals surface area contributed by atoms with Crippen LogP contribution in [0.3, 0.4) is 0 Å². The molecule has 4 fully saturated rings. The molecule has 0 N–H and O–H groups in total. The second-order valence-electron chi connectivity index (χ2n) is 20.8. The van der Waals surface area contributed by atoms with Crippen molar-refractivity contribution >= 4 is 27.8 Å². The molecule has 6 atom stereocenters. The van der Waals surface area contributed by atoms with Gasteiger partial charge in [0.1, 0.15) is 5.75 Å². The molecule has 2 bridgehead atoms. The predicted molar refractivity (Wildman–Crippen MR) is 247 cm³/mol. The van der Waals surface area contributed by atoms with Gasteiger partial charge in [-0.15, -0.1) is 0 Å². The Hall–Kier alpha value is -5.60. The van der Waals surface area contributed by atoms with Crippen LogP contribution in [-0.4, -0.2) is 0 Å². The fourth-order valence-corrected chi connectivity index (χ4v) is 14.5. The van der Waals surface area contributed by atoms with Gasteiger partial charge in [-0.1, -0.05) is 143 Å². The van der Waals surface area contributed by atoms with Gasteiger partial charge in [-0.05, 0) is 159 Å². The highest BCUT2D eigenvalue weighted by Crippen LogP contribution is 2.89. The SMILES string of the molecule is CC1(C)CCC(C)(C)c2cc(N(c3ccc(-c4ccc(-c5cccc6ccccc56)cc4)cc3)c3cccc4c3Oc3ccccc3C43C4CC5CC6CC3C64C5)ccc21. The van der Waals surface area contributed by atoms with Gasteiger partial charge in [-0.3, -0.25) is 0 Å². The fourth-order valence-electron chi connectivity index (χ4n) is 14.5. The molecule has 1 heterocycles. The van der Waals surface area contributed by atoms with Crippen molar-refractivity contribution in [1.29, 1.82) is 0 Å². The average Bonchev–Trinajstić information content (AvgIpc) is 3.81. The van der Waals surface area contributed by atoms with E-state index in [1.54, 1.807) is 0 Å². The van der Waals surface area contributed by atoms with Crippen molar-refractivity contribution in [2.45, 2.75) is 82.5 Å². The lowest BCUT2D eigenvalue weighted by Crippen LogP contribution is -2.74. The third kappa shape index (κ3) is 4.50. The van der Waals surface area contributed by atoms with E-state index in [-0.39, 0.29) is 16.2 Å². The molecule has 1 aliphatic heterocycles. The monoisotopic (exact) mass is 779 g/mol. The van der Waals surface area contributed by atoms with Crippen LogP contribution in [0.2, 0.25) is 0 Å². The number of ether oxygens (including phenoxy) is 1. The summed E-state index contributed by atoms with van der Waals surface area (Å²) in [5.41, 5.74) is 15.1. The molecule has 60 heavy (non-hydrogen) atoms. The number of hydrogen-bond acceptors (Lipinski definition) is 2. The van der Waals surface area contributed by atoms with Gasteiger partial charge in [0.25, 0.3) is 0 Å². The summed E-state index contributed by atoms with van der Waals surface area (Å²) in [7, 11) is 0. The van der Waals surface area contributed by atoms with Gasteiger partial charge in [0.05, 0.1) is 5.69 Å². The normalized spacial score (nSPS) is 27.8. The second-order valence-corrected chi connectivity index (χ2v) is 20.8. The molecular weight excluding hydrogens is 727 g/mol. The number of rotatable bonds is 5. The van der Waals surface area contributed by atoms with Crippen LogP contribution in [0.1, 0.15) is 88.5 Å². The van der Waals surface area contributed by atoms with E-state index < -0.39 is 0 Å². The topological polar surface area (TPSA) is 12.5 Å². The first-order valence-corrected chi connectivity index (χ1v) is 22.7. The van der Waals surface area contributed by atoms with Crippen molar-refractivity contribution in [3.8, 4) is 33.8 Å². The number of para-hydroxylation sites is 2. The molecule has 0 radical (unpaired) electrons. The quantitative estimate of drug-likeness (QED) is 0.173. The van der Waals surface area contributed by atoms with E-state index in [0.29, 0.717) is 17.3 Å². The van der Waals surface area contributed by atoms with Crippen molar-refractivity contribution in [2.24, 2.45) is 29.1 Å². The van der Waals surface area contributed by atoms with Gasteiger partial charge in [0.2, 0.25) is 0 Å². The minimum atomic E-state index is 0.0292. The van der Waals surface area contributed by atoms with Crippen LogP contribution < -0.4 is 9.64 Å². The molecule has 0 aromatic heterocycles. The van der Waals surface area contributed by atoms with E-state index in [9.17, 15) is 0 Å². The molecule has 6 aliphatic rings. The molecule has 5 aliphatic carbocycles. The Morgan fingerprint density at radius 2 is 1.18 bits per heavy atom. The molecule has 296 valence electrons. The van der Waals surface area contributed by atoms with Crippen molar-refractivity contribution in [3.63, 3.8) is 0 Å². The Morgan fingerprint density at radius 3 is 2.00 bits per heavy atom. The number of hydrogen-bond donors (Lipinski definition) is 0. The van der Waals surface area contributed by atoms with E-state index in [1.165, 1.54) is 99.5 Å². The minimum absolute atomic E-state index is 0.0292. The maximum Gasteiger partial charge on any atom is 0.155 e. The molecule has 2 nitrogen and oxygen atoms in total. The van der Waals surface area contributed by atoms with Gasteiger partial charge in [-0.25, -0.2) is 0 Å². The summed E-state index contributed by atoms with van der Waals surface area (Å²) in [6.45, 7) is 9.74. The Kier molecular flexibility index (Phi) is 7.05. The van der Waals surface area contributed by atoms with Gasteiger partial charge >= 0.3 is 0 Å². The molecule has 7 aromatic rings. The third-order valence-electron chi connectivity index (χ3n) is 17.3.